The highest BCUT2D eigenvalue weighted by Crippen LogP contribution is 2.21. The normalized spacial score (nSPS) is 17.3. The Morgan fingerprint density at radius 2 is 1.80 bits per heavy atom. The van der Waals surface area contributed by atoms with Crippen LogP contribution >= 0.6 is 0 Å². The van der Waals surface area contributed by atoms with E-state index >= 15 is 0 Å². The summed E-state index contributed by atoms with van der Waals surface area (Å²) in [6, 6.07) is 5.63. The van der Waals surface area contributed by atoms with Crippen molar-refractivity contribution in [1.82, 2.24) is 20.9 Å². The number of primary amides is 1. The Morgan fingerprint density at radius 1 is 1.12 bits per heavy atom. The molecule has 0 spiro atoms. The van der Waals surface area contributed by atoms with Crippen LogP contribution in [0, 0.1) is 0 Å². The monoisotopic (exact) mass is 561 g/mol. The van der Waals surface area contributed by atoms with E-state index < -0.39 is 60.0 Å². The molecule has 0 aromatic heterocycles. The fourth-order valence-corrected chi connectivity index (χ4v) is 4.39. The molecule has 0 bridgehead atoms. The molecular formula is C28H43N5O7. The number of rotatable bonds is 13. The zero-order valence-electron chi connectivity index (χ0n) is 23.8. The molecule has 0 aliphatic carbocycles. The van der Waals surface area contributed by atoms with Gasteiger partial charge in [0.15, 0.2) is 6.10 Å². The Labute approximate surface area is 235 Å². The van der Waals surface area contributed by atoms with Crippen molar-refractivity contribution in [2.45, 2.75) is 96.0 Å². The van der Waals surface area contributed by atoms with Crippen molar-refractivity contribution in [3.05, 3.63) is 35.9 Å². The smallest absolute Gasteiger partial charge is 0.407 e. The first kappa shape index (κ1) is 32.5. The van der Waals surface area contributed by atoms with E-state index in [1.54, 1.807) is 30.3 Å². The number of amides is 5. The second kappa shape index (κ2) is 15.2. The van der Waals surface area contributed by atoms with Crippen molar-refractivity contribution < 1.29 is 33.8 Å². The molecule has 1 fully saturated rings. The predicted molar refractivity (Wildman–Crippen MR) is 148 cm³/mol. The third-order valence-electron chi connectivity index (χ3n) is 6.34. The average molecular weight is 562 g/mol. The summed E-state index contributed by atoms with van der Waals surface area (Å²) in [5, 5.41) is 19.1. The van der Waals surface area contributed by atoms with Gasteiger partial charge in [-0.25, -0.2) is 4.79 Å². The van der Waals surface area contributed by atoms with Gasteiger partial charge in [0.2, 0.25) is 17.7 Å². The Balaban J connectivity index is 2.24. The largest absolute Gasteiger partial charge is 0.450 e. The van der Waals surface area contributed by atoms with Crippen LogP contribution in [0.4, 0.5) is 4.79 Å². The third-order valence-corrected chi connectivity index (χ3v) is 6.34. The van der Waals surface area contributed by atoms with Gasteiger partial charge in [-0.2, -0.15) is 0 Å². The summed E-state index contributed by atoms with van der Waals surface area (Å²) in [5.41, 5.74) is 5.52. The van der Waals surface area contributed by atoms with Gasteiger partial charge < -0.3 is 36.4 Å². The van der Waals surface area contributed by atoms with Crippen LogP contribution in [0.25, 0.3) is 0 Å². The molecule has 222 valence electrons. The molecule has 0 radical (unpaired) electrons. The first-order valence-corrected chi connectivity index (χ1v) is 13.7. The van der Waals surface area contributed by atoms with E-state index in [1.165, 1.54) is 4.90 Å². The van der Waals surface area contributed by atoms with Gasteiger partial charge in [-0.3, -0.25) is 19.2 Å². The number of aliphatic hydroxyl groups is 1. The number of benzene rings is 1. The summed E-state index contributed by atoms with van der Waals surface area (Å²) in [6.45, 7) is 7.84. The second-order valence-electron chi connectivity index (χ2n) is 11.0. The Hall–Kier alpha value is -3.67. The van der Waals surface area contributed by atoms with E-state index in [0.29, 0.717) is 19.3 Å². The number of nitrogens with zero attached hydrogens (tertiary/aromatic N) is 1. The summed E-state index contributed by atoms with van der Waals surface area (Å²) >= 11 is 0. The molecule has 40 heavy (non-hydrogen) atoms. The van der Waals surface area contributed by atoms with Gasteiger partial charge in [0, 0.05) is 12.1 Å². The van der Waals surface area contributed by atoms with Gasteiger partial charge in [0.05, 0.1) is 19.1 Å². The summed E-state index contributed by atoms with van der Waals surface area (Å²) in [5.74, 6) is -2.68. The molecule has 1 aromatic carbocycles. The molecule has 1 heterocycles. The molecule has 6 N–H and O–H groups in total. The van der Waals surface area contributed by atoms with Crippen LogP contribution in [0.2, 0.25) is 0 Å². The number of nitrogens with one attached hydrogen (secondary N) is 3. The van der Waals surface area contributed by atoms with Crippen LogP contribution in [0.1, 0.15) is 65.4 Å². The van der Waals surface area contributed by atoms with Crippen LogP contribution in [0.3, 0.4) is 0 Å². The Kier molecular flexibility index (Phi) is 12.4. The first-order valence-electron chi connectivity index (χ1n) is 13.7. The lowest BCUT2D eigenvalue weighted by atomic mass is 9.99. The second-order valence-corrected chi connectivity index (χ2v) is 11.0. The van der Waals surface area contributed by atoms with Gasteiger partial charge in [0.1, 0.15) is 12.1 Å². The third kappa shape index (κ3) is 10.5. The molecular weight excluding hydrogens is 518 g/mol. The number of nitrogens with two attached hydrogens (primary N) is 1. The Morgan fingerprint density at radius 3 is 2.40 bits per heavy atom. The van der Waals surface area contributed by atoms with Crippen molar-refractivity contribution in [2.24, 2.45) is 5.73 Å². The van der Waals surface area contributed by atoms with Crippen LogP contribution in [-0.4, -0.2) is 82.6 Å². The predicted octanol–water partition coefficient (Wildman–Crippen LogP) is 0.751. The van der Waals surface area contributed by atoms with E-state index in [2.05, 4.69) is 16.0 Å². The quantitative estimate of drug-likeness (QED) is 0.220. The van der Waals surface area contributed by atoms with Crippen LogP contribution in [-0.2, 0) is 30.3 Å². The molecule has 1 aromatic rings. The minimum Gasteiger partial charge on any atom is -0.450 e. The molecule has 0 unspecified atom stereocenters. The van der Waals surface area contributed by atoms with Crippen molar-refractivity contribution in [3.8, 4) is 0 Å². The lowest BCUT2D eigenvalue weighted by Crippen LogP contribution is -2.59. The number of ether oxygens (including phenoxy) is 1. The molecule has 0 saturated carbocycles. The highest BCUT2D eigenvalue weighted by atomic mass is 16.5. The van der Waals surface area contributed by atoms with E-state index in [0.717, 1.165) is 12.0 Å². The van der Waals surface area contributed by atoms with E-state index in [1.807, 2.05) is 27.7 Å². The number of hydrogen-bond acceptors (Lipinski definition) is 7. The lowest BCUT2D eigenvalue weighted by molar-refractivity contribution is -0.147. The zero-order chi connectivity index (χ0) is 29.9. The van der Waals surface area contributed by atoms with Crippen molar-refractivity contribution in [3.63, 3.8) is 0 Å². The number of aliphatic hydroxyl groups excluding tert-OH is 1. The van der Waals surface area contributed by atoms with Gasteiger partial charge in [-0.15, -0.1) is 0 Å². The lowest BCUT2D eigenvalue weighted by Gasteiger charge is -2.32. The van der Waals surface area contributed by atoms with Crippen LogP contribution < -0.4 is 21.7 Å². The molecule has 12 nitrogen and oxygen atoms in total. The van der Waals surface area contributed by atoms with Crippen LogP contribution in [0.15, 0.2) is 30.3 Å². The summed E-state index contributed by atoms with van der Waals surface area (Å²) in [6.07, 6.45) is -0.606. The summed E-state index contributed by atoms with van der Waals surface area (Å²) in [4.78, 5) is 64.8. The van der Waals surface area contributed by atoms with Gasteiger partial charge >= 0.3 is 6.09 Å². The molecule has 4 atom stereocenters. The number of likely N-dealkylation sites (tertiary alicyclic amines) is 1. The van der Waals surface area contributed by atoms with Gasteiger partial charge in [-0.1, -0.05) is 43.7 Å². The fourth-order valence-electron chi connectivity index (χ4n) is 4.39. The molecule has 1 saturated heterocycles. The first-order chi connectivity index (χ1) is 18.8. The maximum absolute atomic E-state index is 13.5. The molecule has 2 rings (SSSR count). The van der Waals surface area contributed by atoms with Crippen LogP contribution in [0.5, 0.6) is 0 Å². The number of hydrogen-bond donors (Lipinski definition) is 5. The minimum atomic E-state index is -1.71. The molecule has 12 heteroatoms. The Bertz CT molecular complexity index is 1030. The average Bonchev–Trinajstić information content (AvgIpc) is 3.37. The van der Waals surface area contributed by atoms with Crippen molar-refractivity contribution in [2.75, 3.05) is 13.2 Å². The van der Waals surface area contributed by atoms with Gasteiger partial charge in [-0.05, 0) is 52.0 Å². The fraction of sp³-hybridized carbons (Fsp3) is 0.607. The number of carbonyl (C=O) groups is 5. The number of carbonyl (C=O) groups excluding carboxylic acids is 5. The maximum atomic E-state index is 13.5. The van der Waals surface area contributed by atoms with E-state index in [9.17, 15) is 29.1 Å². The highest BCUT2D eigenvalue weighted by molar-refractivity contribution is 5.93. The number of unbranched alkanes of at least 4 members (excludes halogenated alkanes) is 1. The molecule has 5 amide bonds. The zero-order valence-corrected chi connectivity index (χ0v) is 23.8. The van der Waals surface area contributed by atoms with Crippen molar-refractivity contribution in [1.29, 1.82) is 0 Å². The summed E-state index contributed by atoms with van der Waals surface area (Å²) < 4.78 is 5.04. The topological polar surface area (TPSA) is 180 Å². The highest BCUT2D eigenvalue weighted by Gasteiger charge is 2.40. The van der Waals surface area contributed by atoms with E-state index in [-0.39, 0.29) is 25.5 Å². The molecule has 1 aliphatic heterocycles. The number of alkyl carbamates (subject to hydrolysis) is 1. The standard InChI is InChI=1S/C28H43N5O7/c1-5-6-15-40-27(39)31-20(17-22(29)34)24(36)30-19(16-18-11-8-7-9-12-18)23(35)26(38)33-14-10-13-21(33)25(37)32-28(2,3)4/h7-9,11-12,19-21,23,35H,5-6,10,13-17H2,1-4H3,(H2,29,34)(H,30,36)(H,31,39)(H,32,37)/t19-,20-,21-,23-/m0/s1. The van der Waals surface area contributed by atoms with Gasteiger partial charge in [0.25, 0.3) is 5.91 Å². The summed E-state index contributed by atoms with van der Waals surface area (Å²) in [7, 11) is 0. The SMILES string of the molecule is CCCCOC(=O)N[C@@H](CC(N)=O)C(=O)N[C@@H](Cc1ccccc1)[C@H](O)C(=O)N1CCC[C@H]1C(=O)NC(C)(C)C. The van der Waals surface area contributed by atoms with E-state index in [4.69, 9.17) is 10.5 Å². The maximum Gasteiger partial charge on any atom is 0.407 e. The molecule has 1 aliphatic rings. The minimum absolute atomic E-state index is 0.0659. The van der Waals surface area contributed by atoms with Crippen molar-refractivity contribution >= 4 is 29.7 Å².